The molecule has 1 aliphatic heterocycles. The molecule has 2 rings (SSSR count). The summed E-state index contributed by atoms with van der Waals surface area (Å²) < 4.78 is 10.1. The zero-order chi connectivity index (χ0) is 21.1. The van der Waals surface area contributed by atoms with Gasteiger partial charge >= 0.3 is 5.97 Å². The molecule has 1 aliphatic carbocycles. The van der Waals surface area contributed by atoms with E-state index in [1.807, 2.05) is 0 Å². The number of carbonyl (C=O) groups excluding carboxylic acids is 2. The van der Waals surface area contributed by atoms with Crippen LogP contribution in [-0.4, -0.2) is 99.5 Å². The number of carbonyl (C=O) groups is 2. The van der Waals surface area contributed by atoms with Crippen LogP contribution in [-0.2, 0) is 19.1 Å². The van der Waals surface area contributed by atoms with Crippen molar-refractivity contribution in [1.29, 1.82) is 0 Å². The first-order valence-corrected chi connectivity index (χ1v) is 9.06. The minimum atomic E-state index is -2.20. The molecule has 28 heavy (non-hydrogen) atoms. The predicted octanol–water partition coefficient (Wildman–Crippen LogP) is -3.50. The quantitative estimate of drug-likeness (QED) is 0.211. The number of hydrogen-bond donors (Lipinski definition) is 7. The molecular weight excluding hydrogens is 376 g/mol. The highest BCUT2D eigenvalue weighted by molar-refractivity contribution is 5.89. The van der Waals surface area contributed by atoms with Gasteiger partial charge in [0.15, 0.2) is 0 Å². The summed E-state index contributed by atoms with van der Waals surface area (Å²) in [5.41, 5.74) is 0.196. The summed E-state index contributed by atoms with van der Waals surface area (Å²) in [4.78, 5) is 23.5. The Labute approximate surface area is 161 Å². The summed E-state index contributed by atoms with van der Waals surface area (Å²) >= 11 is 0. The third kappa shape index (κ3) is 4.87. The van der Waals surface area contributed by atoms with Gasteiger partial charge in [-0.25, -0.2) is 4.79 Å². The summed E-state index contributed by atoms with van der Waals surface area (Å²) in [7, 11) is 0. The second kappa shape index (κ2) is 9.27. The Morgan fingerprint density at radius 1 is 1.36 bits per heavy atom. The van der Waals surface area contributed by atoms with E-state index in [-0.39, 0.29) is 18.6 Å². The number of ether oxygens (including phenoxy) is 2. The van der Waals surface area contributed by atoms with Crippen LogP contribution in [0.2, 0.25) is 0 Å². The van der Waals surface area contributed by atoms with Crippen molar-refractivity contribution in [3.8, 4) is 0 Å². The van der Waals surface area contributed by atoms with Crippen LogP contribution in [0.15, 0.2) is 11.6 Å². The number of esters is 1. The molecule has 0 aromatic heterocycles. The van der Waals surface area contributed by atoms with Gasteiger partial charge in [-0.2, -0.15) is 0 Å². The number of rotatable bonds is 7. The summed E-state index contributed by atoms with van der Waals surface area (Å²) in [6.07, 6.45) is -4.18. The Kier molecular flexibility index (Phi) is 7.51. The lowest BCUT2D eigenvalue weighted by atomic mass is 9.87. The van der Waals surface area contributed by atoms with Crippen molar-refractivity contribution in [3.05, 3.63) is 11.6 Å². The molecule has 0 saturated carbocycles. The van der Waals surface area contributed by atoms with E-state index < -0.39 is 67.3 Å². The fourth-order valence-electron chi connectivity index (χ4n) is 3.42. The molecule has 2 aliphatic rings. The molecule has 160 valence electrons. The van der Waals surface area contributed by atoms with Crippen molar-refractivity contribution < 1.29 is 44.6 Å². The van der Waals surface area contributed by atoms with Crippen LogP contribution >= 0.6 is 0 Å². The molecule has 1 heterocycles. The van der Waals surface area contributed by atoms with Gasteiger partial charge in [0, 0.05) is 18.5 Å². The Balaban J connectivity index is 2.14. The molecule has 11 nitrogen and oxygen atoms in total. The van der Waals surface area contributed by atoms with Gasteiger partial charge in [-0.3, -0.25) is 4.79 Å². The fourth-order valence-corrected chi connectivity index (χ4v) is 3.42. The Hall–Kier alpha value is -1.60. The van der Waals surface area contributed by atoms with Crippen molar-refractivity contribution >= 4 is 11.9 Å². The largest absolute Gasteiger partial charge is 0.463 e. The van der Waals surface area contributed by atoms with Gasteiger partial charge in [-0.05, 0) is 19.4 Å². The maximum absolute atomic E-state index is 12.0. The second-order valence-corrected chi connectivity index (χ2v) is 6.94. The third-order valence-electron chi connectivity index (χ3n) is 4.84. The van der Waals surface area contributed by atoms with E-state index in [1.54, 1.807) is 6.92 Å². The zero-order valence-corrected chi connectivity index (χ0v) is 15.7. The van der Waals surface area contributed by atoms with Gasteiger partial charge < -0.3 is 45.6 Å². The minimum absolute atomic E-state index is 0.0684. The Morgan fingerprint density at radius 2 is 2.04 bits per heavy atom. The van der Waals surface area contributed by atoms with E-state index in [0.717, 1.165) is 0 Å². The third-order valence-corrected chi connectivity index (χ3v) is 4.84. The molecule has 7 N–H and O–H groups in total. The van der Waals surface area contributed by atoms with E-state index >= 15 is 0 Å². The van der Waals surface area contributed by atoms with E-state index in [1.165, 1.54) is 13.0 Å². The lowest BCUT2D eigenvalue weighted by molar-refractivity contribution is -0.227. The standard InChI is InChI=1S/C17H28N2O9/c1-3-27-16(25)9-4-10(13(11(22)5-9)19-8(2)21)18-7-17(26)15(24)14(23)12(6-20)28-17/h5,10-15,18,20,22-24,26H,3-4,6-7H2,1-2H3,(H,19,21)/t10-,11+,12?,13+,14+,15-,17?/m0/s1. The topological polar surface area (TPSA) is 178 Å². The molecular formula is C17H28N2O9. The maximum Gasteiger partial charge on any atom is 0.333 e. The SMILES string of the molecule is CCOC(=O)C1=C[C@@H](O)[C@H](NC(C)=O)[C@@H](NCC2(O)OC(CO)[C@@H](O)[C@@H]2O)C1. The van der Waals surface area contributed by atoms with Crippen molar-refractivity contribution in [2.75, 3.05) is 19.8 Å². The number of hydrogen-bond acceptors (Lipinski definition) is 10. The average Bonchev–Trinajstić information content (AvgIpc) is 2.86. The molecule has 0 aromatic carbocycles. The van der Waals surface area contributed by atoms with Gasteiger partial charge in [0.05, 0.1) is 31.9 Å². The predicted molar refractivity (Wildman–Crippen MR) is 93.7 cm³/mol. The number of nitrogens with one attached hydrogen (secondary N) is 2. The first-order valence-electron chi connectivity index (χ1n) is 9.06. The van der Waals surface area contributed by atoms with Crippen LogP contribution in [0.1, 0.15) is 20.3 Å². The van der Waals surface area contributed by atoms with Crippen LogP contribution in [0.3, 0.4) is 0 Å². The van der Waals surface area contributed by atoms with Crippen LogP contribution in [0.5, 0.6) is 0 Å². The van der Waals surface area contributed by atoms with Gasteiger partial charge in [0.2, 0.25) is 11.7 Å². The van der Waals surface area contributed by atoms with Crippen molar-refractivity contribution in [1.82, 2.24) is 10.6 Å². The van der Waals surface area contributed by atoms with Crippen LogP contribution in [0.25, 0.3) is 0 Å². The smallest absolute Gasteiger partial charge is 0.333 e. The highest BCUT2D eigenvalue weighted by Crippen LogP contribution is 2.29. The highest BCUT2D eigenvalue weighted by atomic mass is 16.7. The van der Waals surface area contributed by atoms with E-state index in [2.05, 4.69) is 10.6 Å². The maximum atomic E-state index is 12.0. The molecule has 0 spiro atoms. The fraction of sp³-hybridized carbons (Fsp3) is 0.765. The summed E-state index contributed by atoms with van der Waals surface area (Å²) in [6, 6.07) is -1.54. The highest BCUT2D eigenvalue weighted by Gasteiger charge is 2.53. The average molecular weight is 404 g/mol. The monoisotopic (exact) mass is 404 g/mol. The number of amides is 1. The summed E-state index contributed by atoms with van der Waals surface area (Å²) in [5, 5.41) is 55.3. The Bertz CT molecular complexity index is 613. The van der Waals surface area contributed by atoms with Gasteiger partial charge in [0.25, 0.3) is 0 Å². The van der Waals surface area contributed by atoms with Crippen LogP contribution in [0, 0.1) is 0 Å². The number of aliphatic hydroxyl groups is 5. The summed E-state index contributed by atoms with van der Waals surface area (Å²) in [6.45, 7) is 2.07. The summed E-state index contributed by atoms with van der Waals surface area (Å²) in [5.74, 6) is -3.22. The molecule has 0 bridgehead atoms. The first-order chi connectivity index (χ1) is 13.1. The second-order valence-electron chi connectivity index (χ2n) is 6.94. The van der Waals surface area contributed by atoms with Crippen LogP contribution in [0.4, 0.5) is 0 Å². The molecule has 11 heteroatoms. The lowest BCUT2D eigenvalue weighted by Gasteiger charge is -2.37. The molecule has 1 saturated heterocycles. The normalized spacial score (nSPS) is 38.0. The minimum Gasteiger partial charge on any atom is -0.463 e. The molecule has 2 unspecified atom stereocenters. The molecule has 0 radical (unpaired) electrons. The lowest BCUT2D eigenvalue weighted by Crippen LogP contribution is -2.61. The van der Waals surface area contributed by atoms with E-state index in [0.29, 0.717) is 0 Å². The first kappa shape index (κ1) is 22.7. The van der Waals surface area contributed by atoms with E-state index in [9.17, 15) is 30.0 Å². The van der Waals surface area contributed by atoms with Crippen molar-refractivity contribution in [2.24, 2.45) is 0 Å². The zero-order valence-electron chi connectivity index (χ0n) is 15.7. The molecule has 7 atom stereocenters. The van der Waals surface area contributed by atoms with Crippen LogP contribution < -0.4 is 10.6 Å². The molecule has 0 aromatic rings. The van der Waals surface area contributed by atoms with Gasteiger partial charge in [-0.1, -0.05) is 0 Å². The Morgan fingerprint density at radius 3 is 2.57 bits per heavy atom. The molecule has 1 amide bonds. The van der Waals surface area contributed by atoms with Crippen molar-refractivity contribution in [2.45, 2.75) is 62.6 Å². The van der Waals surface area contributed by atoms with Gasteiger partial charge in [0.1, 0.15) is 18.3 Å². The van der Waals surface area contributed by atoms with E-state index in [4.69, 9.17) is 14.6 Å². The van der Waals surface area contributed by atoms with Crippen molar-refractivity contribution in [3.63, 3.8) is 0 Å². The van der Waals surface area contributed by atoms with Gasteiger partial charge in [-0.15, -0.1) is 0 Å². The molecule has 1 fully saturated rings. The number of aliphatic hydroxyl groups excluding tert-OH is 4.